The molecule has 0 spiro atoms. The average molecular weight is 280 g/mol. The van der Waals surface area contributed by atoms with Gasteiger partial charge in [-0.3, -0.25) is 15.6 Å². The monoisotopic (exact) mass is 280 g/mol. The fraction of sp³-hybridized carbons (Fsp3) is 0.133. The van der Waals surface area contributed by atoms with Crippen molar-refractivity contribution >= 4 is 11.8 Å². The number of aryl methyl sites for hydroxylation is 1. The summed E-state index contributed by atoms with van der Waals surface area (Å²) in [6.07, 6.45) is 1.24. The summed E-state index contributed by atoms with van der Waals surface area (Å²) in [5.74, 6) is 1.55. The lowest BCUT2D eigenvalue weighted by atomic mass is 9.84. The average Bonchev–Trinajstić information content (AvgIpc) is 2.47. The molecule has 1 aromatic heterocycles. The van der Waals surface area contributed by atoms with Crippen LogP contribution in [0.2, 0.25) is 0 Å². The van der Waals surface area contributed by atoms with Gasteiger partial charge < -0.3 is 9.72 Å². The van der Waals surface area contributed by atoms with Gasteiger partial charge in [-0.25, -0.2) is 4.98 Å². The third-order valence-corrected chi connectivity index (χ3v) is 3.42. The van der Waals surface area contributed by atoms with Crippen molar-refractivity contribution < 1.29 is 4.74 Å². The van der Waals surface area contributed by atoms with Crippen LogP contribution >= 0.6 is 0 Å². The van der Waals surface area contributed by atoms with Gasteiger partial charge in [0.05, 0.1) is 23.4 Å². The number of H-pyrrole nitrogens is 1. The SMILES string of the molecule is Cc1ccc(C2C(=C=N)C(=N)Oc3nc[nH]c(=O)c32)cc1. The predicted molar refractivity (Wildman–Crippen MR) is 77.5 cm³/mol. The third-order valence-electron chi connectivity index (χ3n) is 3.42. The number of nitrogens with one attached hydrogen (secondary N) is 3. The number of benzene rings is 1. The largest absolute Gasteiger partial charge is 0.420 e. The molecule has 0 saturated heterocycles. The van der Waals surface area contributed by atoms with Crippen LogP contribution in [0.1, 0.15) is 22.6 Å². The third kappa shape index (κ3) is 2.07. The molecule has 1 atom stereocenters. The van der Waals surface area contributed by atoms with Crippen LogP contribution in [-0.2, 0) is 0 Å². The van der Waals surface area contributed by atoms with Crippen LogP contribution in [0.4, 0.5) is 0 Å². The van der Waals surface area contributed by atoms with Crippen LogP contribution in [0.15, 0.2) is 41.0 Å². The van der Waals surface area contributed by atoms with Crippen molar-refractivity contribution in [3.63, 3.8) is 0 Å². The van der Waals surface area contributed by atoms with E-state index in [2.05, 4.69) is 15.8 Å². The van der Waals surface area contributed by atoms with Gasteiger partial charge in [-0.1, -0.05) is 29.8 Å². The minimum absolute atomic E-state index is 0.105. The highest BCUT2D eigenvalue weighted by Gasteiger charge is 2.35. The molecule has 2 aromatic rings. The van der Waals surface area contributed by atoms with Gasteiger partial charge in [0, 0.05) is 0 Å². The van der Waals surface area contributed by atoms with Crippen LogP contribution in [0.5, 0.6) is 5.88 Å². The van der Waals surface area contributed by atoms with Gasteiger partial charge in [-0.15, -0.1) is 0 Å². The number of aromatic nitrogens is 2. The second-order valence-corrected chi connectivity index (χ2v) is 4.76. The second-order valence-electron chi connectivity index (χ2n) is 4.76. The van der Waals surface area contributed by atoms with Crippen LogP contribution in [0, 0.1) is 17.7 Å². The summed E-state index contributed by atoms with van der Waals surface area (Å²) >= 11 is 0. The molecule has 104 valence electrons. The number of rotatable bonds is 1. The Hall–Kier alpha value is -2.98. The number of hydrogen-bond acceptors (Lipinski definition) is 5. The van der Waals surface area contributed by atoms with Crippen molar-refractivity contribution in [3.05, 3.63) is 63.2 Å². The van der Waals surface area contributed by atoms with Gasteiger partial charge in [0.15, 0.2) is 0 Å². The first-order valence-corrected chi connectivity index (χ1v) is 6.32. The molecule has 0 amide bonds. The minimum Gasteiger partial charge on any atom is -0.420 e. The predicted octanol–water partition coefficient (Wildman–Crippen LogP) is 1.75. The summed E-state index contributed by atoms with van der Waals surface area (Å²) < 4.78 is 5.22. The molecule has 1 aliphatic rings. The van der Waals surface area contributed by atoms with Crippen molar-refractivity contribution in [1.29, 1.82) is 10.8 Å². The molecule has 21 heavy (non-hydrogen) atoms. The molecule has 0 radical (unpaired) electrons. The summed E-state index contributed by atoms with van der Waals surface area (Å²) in [4.78, 5) is 18.6. The first-order chi connectivity index (χ1) is 10.1. The summed E-state index contributed by atoms with van der Waals surface area (Å²) in [5.41, 5.74) is 2.05. The zero-order valence-electron chi connectivity index (χ0n) is 11.2. The molecule has 3 N–H and O–H groups in total. The van der Waals surface area contributed by atoms with E-state index in [-0.39, 0.29) is 22.9 Å². The van der Waals surface area contributed by atoms with Crippen molar-refractivity contribution in [2.24, 2.45) is 0 Å². The lowest BCUT2D eigenvalue weighted by Gasteiger charge is -2.25. The molecule has 0 saturated carbocycles. The van der Waals surface area contributed by atoms with Gasteiger partial charge in [0.25, 0.3) is 5.56 Å². The molecule has 0 aliphatic carbocycles. The normalized spacial score (nSPS) is 16.9. The van der Waals surface area contributed by atoms with Gasteiger partial charge in [-0.2, -0.15) is 0 Å². The van der Waals surface area contributed by atoms with E-state index < -0.39 is 5.92 Å². The van der Waals surface area contributed by atoms with Gasteiger partial charge in [0.2, 0.25) is 11.8 Å². The highest BCUT2D eigenvalue weighted by Crippen LogP contribution is 2.37. The van der Waals surface area contributed by atoms with Gasteiger partial charge >= 0.3 is 0 Å². The summed E-state index contributed by atoms with van der Waals surface area (Å²) in [6, 6.07) is 7.57. The van der Waals surface area contributed by atoms with Gasteiger partial charge in [-0.05, 0) is 18.4 Å². The molecule has 0 fully saturated rings. The molecule has 1 aromatic carbocycles. The van der Waals surface area contributed by atoms with Crippen molar-refractivity contribution in [2.45, 2.75) is 12.8 Å². The number of aromatic amines is 1. The Morgan fingerprint density at radius 1 is 1.33 bits per heavy atom. The Balaban J connectivity index is 2.30. The number of nitrogens with zero attached hydrogens (tertiary/aromatic N) is 1. The Morgan fingerprint density at radius 3 is 2.71 bits per heavy atom. The topological polar surface area (TPSA) is 103 Å². The maximum atomic E-state index is 12.1. The van der Waals surface area contributed by atoms with E-state index in [0.29, 0.717) is 5.56 Å². The molecule has 6 heteroatoms. The number of hydrogen-bond donors (Lipinski definition) is 3. The van der Waals surface area contributed by atoms with E-state index >= 15 is 0 Å². The maximum Gasteiger partial charge on any atom is 0.258 e. The highest BCUT2D eigenvalue weighted by atomic mass is 16.5. The number of fused-ring (bicyclic) bond motifs is 1. The van der Waals surface area contributed by atoms with Crippen LogP contribution < -0.4 is 10.3 Å². The van der Waals surface area contributed by atoms with Gasteiger partial charge in [0.1, 0.15) is 0 Å². The molecule has 2 heterocycles. The van der Waals surface area contributed by atoms with Crippen molar-refractivity contribution in [3.8, 4) is 5.88 Å². The molecule has 1 unspecified atom stereocenters. The smallest absolute Gasteiger partial charge is 0.258 e. The fourth-order valence-electron chi connectivity index (χ4n) is 2.38. The maximum absolute atomic E-state index is 12.1. The first-order valence-electron chi connectivity index (χ1n) is 6.32. The van der Waals surface area contributed by atoms with E-state index in [4.69, 9.17) is 15.6 Å². The Labute approximate surface area is 120 Å². The second kappa shape index (κ2) is 4.85. The molecular weight excluding hydrogens is 268 g/mol. The van der Waals surface area contributed by atoms with E-state index in [1.54, 1.807) is 0 Å². The van der Waals surface area contributed by atoms with E-state index in [1.807, 2.05) is 31.2 Å². The molecule has 3 rings (SSSR count). The Bertz CT molecular complexity index is 829. The lowest BCUT2D eigenvalue weighted by Crippen LogP contribution is -2.31. The van der Waals surface area contributed by atoms with E-state index in [1.165, 1.54) is 6.33 Å². The van der Waals surface area contributed by atoms with Crippen molar-refractivity contribution in [2.75, 3.05) is 0 Å². The minimum atomic E-state index is -0.572. The van der Waals surface area contributed by atoms with E-state index in [9.17, 15) is 4.79 Å². The standard InChI is InChI=1S/C15H12N4O2/c1-8-2-4-9(5-3-8)11-10(6-16)13(17)21-15-12(11)14(20)18-7-19-15/h2-5,7,11,16-17H,1H3,(H,18,19,20). The van der Waals surface area contributed by atoms with Crippen LogP contribution in [0.3, 0.4) is 0 Å². The zero-order chi connectivity index (χ0) is 15.0. The van der Waals surface area contributed by atoms with Crippen molar-refractivity contribution in [1.82, 2.24) is 9.97 Å². The summed E-state index contributed by atoms with van der Waals surface area (Å²) in [5, 5.41) is 15.3. The molecule has 1 aliphatic heterocycles. The Morgan fingerprint density at radius 2 is 2.05 bits per heavy atom. The fourth-order valence-corrected chi connectivity index (χ4v) is 2.38. The quantitative estimate of drug-likeness (QED) is 0.693. The lowest BCUT2D eigenvalue weighted by molar-refractivity contribution is 0.490. The zero-order valence-corrected chi connectivity index (χ0v) is 11.2. The molecule has 0 bridgehead atoms. The highest BCUT2D eigenvalue weighted by molar-refractivity contribution is 6.04. The van der Waals surface area contributed by atoms with Crippen LogP contribution in [0.25, 0.3) is 0 Å². The van der Waals surface area contributed by atoms with E-state index in [0.717, 1.165) is 11.1 Å². The first kappa shape index (κ1) is 13.0. The number of ether oxygens (including phenoxy) is 1. The van der Waals surface area contributed by atoms with Crippen LogP contribution in [-0.4, -0.2) is 21.7 Å². The molecular formula is C15H12N4O2. The summed E-state index contributed by atoms with van der Waals surface area (Å²) in [6.45, 7) is 1.96. The molecule has 6 nitrogen and oxygen atoms in total. The summed E-state index contributed by atoms with van der Waals surface area (Å²) in [7, 11) is 0. The Kier molecular flexibility index (Phi) is 3.01.